The Morgan fingerprint density at radius 3 is 2.35 bits per heavy atom. The van der Waals surface area contributed by atoms with Crippen molar-refractivity contribution >= 4 is 73.8 Å². The van der Waals surface area contributed by atoms with Gasteiger partial charge in [0, 0.05) is 5.02 Å². The highest BCUT2D eigenvalue weighted by Gasteiger charge is 2.16. The normalized spacial score (nSPS) is 11.6. The van der Waals surface area contributed by atoms with E-state index in [2.05, 4.69) is 19.9 Å². The lowest BCUT2D eigenvalue weighted by Gasteiger charge is -2.11. The molecule has 0 amide bonds. The maximum atomic E-state index is 13.0. The first-order valence-electron chi connectivity index (χ1n) is 8.42. The number of nitrogens with one attached hydrogen (secondary N) is 2. The van der Waals surface area contributed by atoms with Crippen molar-refractivity contribution in [2.75, 3.05) is 4.72 Å². The molecule has 2 aromatic heterocycles. The van der Waals surface area contributed by atoms with Gasteiger partial charge in [-0.15, -0.1) is 10.2 Å². The van der Waals surface area contributed by atoms with Gasteiger partial charge in [-0.05, 0) is 60.7 Å². The van der Waals surface area contributed by atoms with Crippen LogP contribution in [0.4, 0.5) is 5.82 Å². The van der Waals surface area contributed by atoms with Crippen molar-refractivity contribution in [2.24, 2.45) is 0 Å². The van der Waals surface area contributed by atoms with Crippen LogP contribution in [0.2, 0.25) is 15.2 Å². The molecule has 4 rings (SSSR count). The molecule has 0 spiro atoms. The zero-order chi connectivity index (χ0) is 22.3. The summed E-state index contributed by atoms with van der Waals surface area (Å²) in [5, 5.41) is 8.18. The van der Waals surface area contributed by atoms with Gasteiger partial charge in [-0.2, -0.15) is 0 Å². The molecule has 0 saturated carbocycles. The van der Waals surface area contributed by atoms with Crippen LogP contribution in [-0.2, 0) is 10.0 Å². The predicted molar refractivity (Wildman–Crippen MR) is 123 cm³/mol. The molecule has 13 heteroatoms. The monoisotopic (exact) mass is 513 g/mol. The molecule has 4 aromatic rings. The minimum atomic E-state index is -3.94. The van der Waals surface area contributed by atoms with Crippen LogP contribution in [0.1, 0.15) is 0 Å². The number of fused-ring (bicyclic) bond motifs is 1. The number of anilines is 1. The lowest BCUT2D eigenvalue weighted by atomic mass is 10.2. The van der Waals surface area contributed by atoms with Gasteiger partial charge < -0.3 is 4.98 Å². The second-order valence-corrected chi connectivity index (χ2v) is 9.52. The molecule has 0 fully saturated rings. The fourth-order valence-electron chi connectivity index (χ4n) is 2.82. The lowest BCUT2D eigenvalue weighted by Crippen LogP contribution is -2.21. The van der Waals surface area contributed by atoms with Crippen LogP contribution in [-0.4, -0.2) is 28.2 Å². The van der Waals surface area contributed by atoms with Gasteiger partial charge in [0.2, 0.25) is 0 Å². The molecule has 158 valence electrons. The van der Waals surface area contributed by atoms with Crippen molar-refractivity contribution < 1.29 is 8.42 Å². The molecule has 0 saturated heterocycles. The third-order valence-electron chi connectivity index (χ3n) is 4.20. The highest BCUT2D eigenvalue weighted by Crippen LogP contribution is 2.25. The lowest BCUT2D eigenvalue weighted by molar-refractivity contribution is 0.601. The molecule has 0 aliphatic rings. The number of aromatic nitrogens is 4. The van der Waals surface area contributed by atoms with E-state index in [4.69, 9.17) is 47.0 Å². The van der Waals surface area contributed by atoms with E-state index in [1.807, 2.05) is 0 Å². The molecule has 31 heavy (non-hydrogen) atoms. The Hall–Kier alpha value is -2.50. The Bertz CT molecular complexity index is 1530. The van der Waals surface area contributed by atoms with Gasteiger partial charge >= 0.3 is 0 Å². The van der Waals surface area contributed by atoms with Gasteiger partial charge in [0.25, 0.3) is 15.6 Å². The zero-order valence-electron chi connectivity index (χ0n) is 15.1. The third-order valence-corrected chi connectivity index (χ3v) is 6.57. The van der Waals surface area contributed by atoms with E-state index >= 15 is 0 Å². The molecule has 0 aliphatic heterocycles. The Morgan fingerprint density at radius 2 is 1.71 bits per heavy atom. The number of hydrogen-bond donors (Lipinski definition) is 2. The summed E-state index contributed by atoms with van der Waals surface area (Å²) in [5.74, 6) is 0.00965. The Balaban J connectivity index is 1.75. The van der Waals surface area contributed by atoms with Crippen LogP contribution in [0.5, 0.6) is 0 Å². The highest BCUT2D eigenvalue weighted by atomic mass is 35.5. The zero-order valence-corrected chi connectivity index (χ0v) is 19.0. The van der Waals surface area contributed by atoms with E-state index in [9.17, 15) is 13.2 Å². The van der Waals surface area contributed by atoms with Crippen LogP contribution >= 0.6 is 47.0 Å². The molecule has 8 nitrogen and oxygen atoms in total. The summed E-state index contributed by atoms with van der Waals surface area (Å²) in [7, 11) is -3.94. The molecule has 0 unspecified atom stereocenters. The fourth-order valence-corrected chi connectivity index (χ4v) is 4.75. The quantitative estimate of drug-likeness (QED) is 0.385. The number of halogens is 3. The van der Waals surface area contributed by atoms with Crippen LogP contribution in [0.25, 0.3) is 16.6 Å². The van der Waals surface area contributed by atoms with E-state index in [-0.39, 0.29) is 31.0 Å². The minimum absolute atomic E-state index is 0.00965. The van der Waals surface area contributed by atoms with Gasteiger partial charge in [0.1, 0.15) is 0 Å². The summed E-state index contributed by atoms with van der Waals surface area (Å²) in [6.45, 7) is 0. The van der Waals surface area contributed by atoms with E-state index in [0.717, 1.165) is 0 Å². The summed E-state index contributed by atoms with van der Waals surface area (Å²) in [6.07, 6.45) is 0. The van der Waals surface area contributed by atoms with Crippen LogP contribution < -0.4 is 10.3 Å². The number of benzene rings is 2. The summed E-state index contributed by atoms with van der Waals surface area (Å²) in [5.41, 5.74) is 0.271. The Morgan fingerprint density at radius 1 is 1.00 bits per heavy atom. The first kappa shape index (κ1) is 21.7. The average Bonchev–Trinajstić information content (AvgIpc) is 2.71. The molecule has 0 bridgehead atoms. The number of rotatable bonds is 4. The van der Waals surface area contributed by atoms with E-state index in [1.54, 1.807) is 0 Å². The van der Waals surface area contributed by atoms with Crippen molar-refractivity contribution in [2.45, 2.75) is 4.90 Å². The smallest absolute Gasteiger partial charge is 0.266 e. The maximum absolute atomic E-state index is 13.0. The van der Waals surface area contributed by atoms with Crippen molar-refractivity contribution in [3.63, 3.8) is 0 Å². The number of hydrogen-bond acceptors (Lipinski definition) is 6. The van der Waals surface area contributed by atoms with Crippen LogP contribution in [0.3, 0.4) is 0 Å². The first-order chi connectivity index (χ1) is 14.7. The number of nitrogens with zero attached hydrogens (tertiary/aromatic N) is 3. The van der Waals surface area contributed by atoms with Crippen molar-refractivity contribution in [3.8, 4) is 5.69 Å². The second-order valence-electron chi connectivity index (χ2n) is 6.22. The molecule has 2 N–H and O–H groups in total. The summed E-state index contributed by atoms with van der Waals surface area (Å²) in [4.78, 5) is 15.9. The van der Waals surface area contributed by atoms with Crippen molar-refractivity contribution in [3.05, 3.63) is 78.9 Å². The first-order valence-corrected chi connectivity index (χ1v) is 11.4. The van der Waals surface area contributed by atoms with Crippen molar-refractivity contribution in [1.82, 2.24) is 19.7 Å². The van der Waals surface area contributed by atoms with Crippen LogP contribution in [0, 0.1) is 4.77 Å². The molecule has 2 heterocycles. The van der Waals surface area contributed by atoms with Crippen LogP contribution in [0.15, 0.2) is 58.2 Å². The molecule has 0 atom stereocenters. The molecule has 2 aromatic carbocycles. The number of sulfonamides is 1. The average molecular weight is 515 g/mol. The van der Waals surface area contributed by atoms with Gasteiger partial charge in [-0.3, -0.25) is 14.1 Å². The second kappa shape index (κ2) is 8.21. The summed E-state index contributed by atoms with van der Waals surface area (Å²) >= 11 is 23.1. The largest absolute Gasteiger partial charge is 0.330 e. The Labute approximate surface area is 195 Å². The van der Waals surface area contributed by atoms with E-state index < -0.39 is 15.6 Å². The standard InChI is InChI=1S/C18H10Cl3N5O3S2/c19-9-7-12-16(13(20)8-9)22-18(30)26(17(12)27)10-1-3-11(4-2-10)31(28,29)25-15-6-5-14(21)23-24-15/h1-8H,(H,22,30)(H,24,25). The Kier molecular flexibility index (Phi) is 5.75. The van der Waals surface area contributed by atoms with E-state index in [1.165, 1.54) is 53.1 Å². The van der Waals surface area contributed by atoms with Crippen molar-refractivity contribution in [1.29, 1.82) is 0 Å². The molecular formula is C18H10Cl3N5O3S2. The van der Waals surface area contributed by atoms with Gasteiger partial charge in [0.05, 0.1) is 26.5 Å². The summed E-state index contributed by atoms with van der Waals surface area (Å²) < 4.78 is 28.8. The highest BCUT2D eigenvalue weighted by molar-refractivity contribution is 7.92. The minimum Gasteiger partial charge on any atom is -0.330 e. The third kappa shape index (κ3) is 4.30. The maximum Gasteiger partial charge on any atom is 0.266 e. The summed E-state index contributed by atoms with van der Waals surface area (Å²) in [6, 6.07) is 11.3. The number of H-pyrrole nitrogens is 1. The fraction of sp³-hybridized carbons (Fsp3) is 0. The van der Waals surface area contributed by atoms with Gasteiger partial charge in [0.15, 0.2) is 15.7 Å². The SMILES string of the molecule is O=c1c2cc(Cl)cc(Cl)c2[nH]c(=S)n1-c1ccc(S(=O)(=O)Nc2ccc(Cl)nn2)cc1. The predicted octanol–water partition coefficient (Wildman–Crippen LogP) is 4.60. The number of aromatic amines is 1. The molecular weight excluding hydrogens is 505 g/mol. The topological polar surface area (TPSA) is 110 Å². The molecule has 0 aliphatic carbocycles. The van der Waals surface area contributed by atoms with Gasteiger partial charge in [-0.1, -0.05) is 34.8 Å². The molecule has 0 radical (unpaired) electrons. The van der Waals surface area contributed by atoms with Gasteiger partial charge in [-0.25, -0.2) is 8.42 Å². The van der Waals surface area contributed by atoms with E-state index in [0.29, 0.717) is 16.2 Å².